The maximum absolute atomic E-state index is 11.1. The third-order valence-electron chi connectivity index (χ3n) is 2.14. The summed E-state index contributed by atoms with van der Waals surface area (Å²) in [5.74, 6) is 1.62. The molecule has 14 heteroatoms. The van der Waals surface area contributed by atoms with E-state index in [1.54, 1.807) is 11.8 Å². The SMILES string of the molecule is N=C(N)Nc1nc(CSCCNC2=NS(=O)(=O)N=C2N)ns1. The minimum absolute atomic E-state index is 0.0697. The first kappa shape index (κ1) is 16.4. The zero-order chi connectivity index (χ0) is 16.2. The highest BCUT2D eigenvalue weighted by atomic mass is 32.2. The van der Waals surface area contributed by atoms with E-state index in [2.05, 4.69) is 28.8 Å². The fourth-order valence-corrected chi connectivity index (χ4v) is 3.50. The van der Waals surface area contributed by atoms with E-state index < -0.39 is 10.2 Å². The van der Waals surface area contributed by atoms with Crippen LogP contribution in [-0.2, 0) is 16.0 Å². The third-order valence-corrected chi connectivity index (χ3v) is 4.61. The molecule has 7 N–H and O–H groups in total. The van der Waals surface area contributed by atoms with Crippen LogP contribution in [0.2, 0.25) is 0 Å². The zero-order valence-corrected chi connectivity index (χ0v) is 13.6. The van der Waals surface area contributed by atoms with E-state index in [0.717, 1.165) is 11.5 Å². The lowest BCUT2D eigenvalue weighted by atomic mass is 10.5. The number of rotatable bonds is 6. The topological polar surface area (TPSA) is 185 Å². The van der Waals surface area contributed by atoms with Crippen molar-refractivity contribution in [1.82, 2.24) is 14.7 Å². The molecule has 1 aliphatic rings. The number of amidine groups is 2. The van der Waals surface area contributed by atoms with Gasteiger partial charge in [-0.15, -0.1) is 8.80 Å². The molecule has 0 spiro atoms. The normalized spacial score (nSPS) is 16.0. The molecule has 1 aromatic rings. The number of hydrogen-bond acceptors (Lipinski definition) is 9. The predicted molar refractivity (Wildman–Crippen MR) is 87.6 cm³/mol. The van der Waals surface area contributed by atoms with Crippen molar-refractivity contribution in [1.29, 1.82) is 5.41 Å². The number of nitrogens with two attached hydrogens (primary N) is 2. The summed E-state index contributed by atoms with van der Waals surface area (Å²) < 4.78 is 32.8. The molecule has 11 nitrogen and oxygen atoms in total. The average molecular weight is 363 g/mol. The number of anilines is 1. The Morgan fingerprint density at radius 3 is 2.82 bits per heavy atom. The maximum Gasteiger partial charge on any atom is 0.367 e. The van der Waals surface area contributed by atoms with Gasteiger partial charge < -0.3 is 22.1 Å². The minimum Gasteiger partial charge on any atom is -0.380 e. The Balaban J connectivity index is 1.69. The molecule has 0 unspecified atom stereocenters. The van der Waals surface area contributed by atoms with E-state index in [1.165, 1.54) is 0 Å². The van der Waals surface area contributed by atoms with Crippen molar-refractivity contribution in [3.63, 3.8) is 0 Å². The van der Waals surface area contributed by atoms with Crippen LogP contribution in [0.4, 0.5) is 5.13 Å². The van der Waals surface area contributed by atoms with E-state index in [0.29, 0.717) is 29.0 Å². The Hall–Kier alpha value is -1.93. The smallest absolute Gasteiger partial charge is 0.367 e. The second-order valence-electron chi connectivity index (χ2n) is 3.90. The molecule has 1 aliphatic heterocycles. The van der Waals surface area contributed by atoms with Crippen molar-refractivity contribution in [2.45, 2.75) is 5.75 Å². The Labute approximate surface area is 134 Å². The highest BCUT2D eigenvalue weighted by Gasteiger charge is 2.20. The molecule has 2 rings (SSSR count). The predicted octanol–water partition coefficient (Wildman–Crippen LogP) is -1.32. The van der Waals surface area contributed by atoms with Crippen LogP contribution in [0.3, 0.4) is 0 Å². The van der Waals surface area contributed by atoms with Crippen LogP contribution >= 0.6 is 23.3 Å². The third kappa shape index (κ3) is 4.81. The van der Waals surface area contributed by atoms with Gasteiger partial charge in [-0.1, -0.05) is 0 Å². The van der Waals surface area contributed by atoms with E-state index in [4.69, 9.17) is 16.9 Å². The molecule has 2 heterocycles. The number of nitrogens with zero attached hydrogens (tertiary/aromatic N) is 4. The van der Waals surface area contributed by atoms with Crippen molar-refractivity contribution >= 4 is 56.3 Å². The van der Waals surface area contributed by atoms with Gasteiger partial charge in [0.05, 0.1) is 5.75 Å². The Morgan fingerprint density at radius 1 is 1.41 bits per heavy atom. The van der Waals surface area contributed by atoms with Gasteiger partial charge >= 0.3 is 10.2 Å². The highest BCUT2D eigenvalue weighted by Crippen LogP contribution is 2.15. The van der Waals surface area contributed by atoms with Gasteiger partial charge in [0.15, 0.2) is 23.5 Å². The fourth-order valence-electron chi connectivity index (χ4n) is 1.36. The van der Waals surface area contributed by atoms with Gasteiger partial charge in [0, 0.05) is 23.8 Å². The van der Waals surface area contributed by atoms with Gasteiger partial charge in [0.25, 0.3) is 0 Å². The van der Waals surface area contributed by atoms with Gasteiger partial charge in [0.2, 0.25) is 5.13 Å². The molecule has 0 amide bonds. The molecule has 0 atom stereocenters. The van der Waals surface area contributed by atoms with Crippen LogP contribution in [0.1, 0.15) is 5.82 Å². The summed E-state index contributed by atoms with van der Waals surface area (Å²) in [6.45, 7) is 0.470. The van der Waals surface area contributed by atoms with Gasteiger partial charge in [0.1, 0.15) is 0 Å². The van der Waals surface area contributed by atoms with Gasteiger partial charge in [-0.25, -0.2) is 4.98 Å². The number of aromatic nitrogens is 2. The van der Waals surface area contributed by atoms with Crippen LogP contribution in [0, 0.1) is 5.41 Å². The van der Waals surface area contributed by atoms with Crippen LogP contribution < -0.4 is 22.1 Å². The highest BCUT2D eigenvalue weighted by molar-refractivity contribution is 7.98. The second kappa shape index (κ2) is 6.89. The summed E-state index contributed by atoms with van der Waals surface area (Å²) >= 11 is 2.67. The lowest BCUT2D eigenvalue weighted by Crippen LogP contribution is -2.35. The van der Waals surface area contributed by atoms with Crippen LogP contribution in [0.25, 0.3) is 0 Å². The van der Waals surface area contributed by atoms with Crippen LogP contribution in [0.15, 0.2) is 8.80 Å². The molecule has 0 saturated heterocycles. The summed E-state index contributed by atoms with van der Waals surface area (Å²) in [6, 6.07) is 0. The number of hydrogen-bond donors (Lipinski definition) is 5. The maximum atomic E-state index is 11.1. The molecule has 120 valence electrons. The van der Waals surface area contributed by atoms with Crippen molar-refractivity contribution < 1.29 is 8.42 Å². The quantitative estimate of drug-likeness (QED) is 0.232. The Morgan fingerprint density at radius 2 is 2.18 bits per heavy atom. The van der Waals surface area contributed by atoms with Gasteiger partial charge in [-0.2, -0.15) is 24.6 Å². The Kier molecular flexibility index (Phi) is 5.15. The number of guanidine groups is 1. The molecule has 0 radical (unpaired) electrons. The molecule has 1 aromatic heterocycles. The van der Waals surface area contributed by atoms with Crippen molar-refractivity contribution in [2.24, 2.45) is 20.3 Å². The summed E-state index contributed by atoms with van der Waals surface area (Å²) in [5.41, 5.74) is 10.6. The molecule has 0 bridgehead atoms. The molecule has 22 heavy (non-hydrogen) atoms. The molecule has 0 aliphatic carbocycles. The van der Waals surface area contributed by atoms with Gasteiger partial charge in [-0.05, 0) is 0 Å². The van der Waals surface area contributed by atoms with Crippen LogP contribution in [0.5, 0.6) is 0 Å². The first-order chi connectivity index (χ1) is 10.4. The molecule has 0 fully saturated rings. The van der Waals surface area contributed by atoms with E-state index >= 15 is 0 Å². The Bertz CT molecular complexity index is 723. The first-order valence-electron chi connectivity index (χ1n) is 5.82. The minimum atomic E-state index is -3.81. The van der Waals surface area contributed by atoms with Crippen molar-refractivity contribution in [3.8, 4) is 0 Å². The summed E-state index contributed by atoms with van der Waals surface area (Å²) in [7, 11) is -3.81. The summed E-state index contributed by atoms with van der Waals surface area (Å²) in [4.78, 5) is 4.15. The van der Waals surface area contributed by atoms with Gasteiger partial charge in [-0.3, -0.25) is 5.41 Å². The zero-order valence-electron chi connectivity index (χ0n) is 11.1. The van der Waals surface area contributed by atoms with Crippen molar-refractivity contribution in [2.75, 3.05) is 17.6 Å². The average Bonchev–Trinajstić information content (AvgIpc) is 2.92. The monoisotopic (exact) mass is 363 g/mol. The van der Waals surface area contributed by atoms with Crippen molar-refractivity contribution in [3.05, 3.63) is 5.82 Å². The first-order valence-corrected chi connectivity index (χ1v) is 9.14. The molecular weight excluding hydrogens is 350 g/mol. The standard InChI is InChI=1S/C8H13N9O2S3/c9-5-6(17-22(18,19)16-5)12-1-2-20-3-4-13-8(21-15-4)14-7(10)11/h1-3H2,(H2,9,16)(H,12,17)(H4,10,11,13,14,15). The van der Waals surface area contributed by atoms with Crippen LogP contribution in [-0.4, -0.2) is 47.7 Å². The fraction of sp³-hybridized carbons (Fsp3) is 0.375. The number of nitrogens with one attached hydrogen (secondary N) is 3. The lowest BCUT2D eigenvalue weighted by Gasteiger charge is -2.03. The number of thioether (sulfide) groups is 1. The summed E-state index contributed by atoms with van der Waals surface area (Å²) in [5, 5.41) is 12.9. The largest absolute Gasteiger partial charge is 0.380 e. The molecular formula is C8H13N9O2S3. The lowest BCUT2D eigenvalue weighted by molar-refractivity contribution is 0.600. The molecule has 0 aromatic carbocycles. The summed E-state index contributed by atoms with van der Waals surface area (Å²) in [6.07, 6.45) is 0. The van der Waals surface area contributed by atoms with E-state index in [1.807, 2.05) is 0 Å². The van der Waals surface area contributed by atoms with E-state index in [-0.39, 0.29) is 17.6 Å². The second-order valence-corrected chi connectivity index (χ2v) is 7.02. The van der Waals surface area contributed by atoms with E-state index in [9.17, 15) is 8.42 Å². The molecule has 0 saturated carbocycles.